The average molecular weight is 239 g/mol. The van der Waals surface area contributed by atoms with Crippen LogP contribution in [0.15, 0.2) is 18.5 Å². The lowest BCUT2D eigenvalue weighted by Gasteiger charge is -2.17. The molecule has 0 aliphatic carbocycles. The third-order valence-corrected chi connectivity index (χ3v) is 3.09. The third-order valence-electron chi connectivity index (χ3n) is 2.35. The van der Waals surface area contributed by atoms with E-state index in [1.54, 1.807) is 0 Å². The minimum absolute atomic E-state index is 0.522. The number of hydrogen-bond donors (Lipinski definition) is 2. The molecule has 0 aliphatic heterocycles. The molecule has 16 heavy (non-hydrogen) atoms. The zero-order valence-corrected chi connectivity index (χ0v) is 11.1. The molecule has 0 saturated heterocycles. The molecule has 4 heteroatoms. The normalized spacial score (nSPS) is 12.2. The van der Waals surface area contributed by atoms with Gasteiger partial charge in [0.05, 0.1) is 23.8 Å². The number of hydrogen-bond acceptors (Lipinski definition) is 4. The fraction of sp³-hybridized carbons (Fsp3) is 0.583. The van der Waals surface area contributed by atoms with Crippen molar-refractivity contribution >= 4 is 23.1 Å². The van der Waals surface area contributed by atoms with Crippen molar-refractivity contribution < 1.29 is 0 Å². The SMILES string of the molecule is CCNc1cncc(NC(CC)CSC)c1. The fourth-order valence-electron chi connectivity index (χ4n) is 1.52. The largest absolute Gasteiger partial charge is 0.384 e. The van der Waals surface area contributed by atoms with E-state index in [1.165, 1.54) is 0 Å². The molecule has 0 fully saturated rings. The molecular weight excluding hydrogens is 218 g/mol. The predicted molar refractivity (Wildman–Crippen MR) is 74.5 cm³/mol. The standard InChI is InChI=1S/C12H21N3S/c1-4-10(9-16-3)15-12-6-11(14-5-2)7-13-8-12/h6-8,10,14-15H,4-5,9H2,1-3H3. The Hall–Kier alpha value is -0.900. The van der Waals surface area contributed by atoms with Crippen LogP contribution in [0.4, 0.5) is 11.4 Å². The van der Waals surface area contributed by atoms with Gasteiger partial charge in [-0.15, -0.1) is 0 Å². The van der Waals surface area contributed by atoms with Gasteiger partial charge < -0.3 is 10.6 Å². The van der Waals surface area contributed by atoms with Gasteiger partial charge in [-0.05, 0) is 25.7 Å². The number of aromatic nitrogens is 1. The van der Waals surface area contributed by atoms with Crippen LogP contribution in [0.1, 0.15) is 20.3 Å². The lowest BCUT2D eigenvalue weighted by Crippen LogP contribution is -2.21. The van der Waals surface area contributed by atoms with Gasteiger partial charge >= 0.3 is 0 Å². The minimum atomic E-state index is 0.522. The lowest BCUT2D eigenvalue weighted by atomic mass is 10.2. The Morgan fingerprint density at radius 2 is 2.06 bits per heavy atom. The van der Waals surface area contributed by atoms with E-state index in [-0.39, 0.29) is 0 Å². The van der Waals surface area contributed by atoms with Crippen molar-refractivity contribution in [2.24, 2.45) is 0 Å². The molecule has 1 unspecified atom stereocenters. The Kier molecular flexibility index (Phi) is 6.08. The summed E-state index contributed by atoms with van der Waals surface area (Å²) in [4.78, 5) is 4.22. The molecule has 1 aromatic rings. The summed E-state index contributed by atoms with van der Waals surface area (Å²) in [5.41, 5.74) is 2.17. The van der Waals surface area contributed by atoms with Gasteiger partial charge in [0.15, 0.2) is 0 Å². The summed E-state index contributed by atoms with van der Waals surface area (Å²) < 4.78 is 0. The van der Waals surface area contributed by atoms with Crippen molar-refractivity contribution in [2.45, 2.75) is 26.3 Å². The molecule has 90 valence electrons. The number of nitrogens with zero attached hydrogens (tertiary/aromatic N) is 1. The number of pyridine rings is 1. The highest BCUT2D eigenvalue weighted by Gasteiger charge is 2.05. The van der Waals surface area contributed by atoms with Crippen molar-refractivity contribution in [3.05, 3.63) is 18.5 Å². The first-order valence-corrected chi connectivity index (χ1v) is 7.13. The monoisotopic (exact) mass is 239 g/mol. The van der Waals surface area contributed by atoms with Crippen LogP contribution in [0.3, 0.4) is 0 Å². The summed E-state index contributed by atoms with van der Waals surface area (Å²) in [6.45, 7) is 5.21. The first-order chi connectivity index (χ1) is 7.80. The van der Waals surface area contributed by atoms with E-state index < -0.39 is 0 Å². The molecule has 1 heterocycles. The lowest BCUT2D eigenvalue weighted by molar-refractivity contribution is 0.774. The Morgan fingerprint density at radius 3 is 2.69 bits per heavy atom. The zero-order valence-electron chi connectivity index (χ0n) is 10.3. The Labute approximate surface area is 102 Å². The molecular formula is C12H21N3S. The Balaban J connectivity index is 2.60. The molecule has 3 nitrogen and oxygen atoms in total. The van der Waals surface area contributed by atoms with Crippen molar-refractivity contribution in [3.8, 4) is 0 Å². The zero-order chi connectivity index (χ0) is 11.8. The maximum absolute atomic E-state index is 4.22. The molecule has 2 N–H and O–H groups in total. The Morgan fingerprint density at radius 1 is 1.31 bits per heavy atom. The number of nitrogens with one attached hydrogen (secondary N) is 2. The summed E-state index contributed by atoms with van der Waals surface area (Å²) in [6, 6.07) is 2.63. The summed E-state index contributed by atoms with van der Waals surface area (Å²) in [6.07, 6.45) is 7.00. The van der Waals surface area contributed by atoms with E-state index in [4.69, 9.17) is 0 Å². The van der Waals surface area contributed by atoms with Crippen LogP contribution >= 0.6 is 11.8 Å². The van der Waals surface area contributed by atoms with Crippen LogP contribution in [0.25, 0.3) is 0 Å². The number of anilines is 2. The maximum atomic E-state index is 4.22. The second kappa shape index (κ2) is 7.39. The smallest absolute Gasteiger partial charge is 0.0549 e. The van der Waals surface area contributed by atoms with Gasteiger partial charge in [-0.3, -0.25) is 4.98 Å². The molecule has 0 bridgehead atoms. The fourth-order valence-corrected chi connectivity index (χ4v) is 2.24. The minimum Gasteiger partial charge on any atom is -0.384 e. The summed E-state index contributed by atoms with van der Waals surface area (Å²) in [5.74, 6) is 1.13. The summed E-state index contributed by atoms with van der Waals surface area (Å²) in [7, 11) is 0. The van der Waals surface area contributed by atoms with E-state index >= 15 is 0 Å². The van der Waals surface area contributed by atoms with Crippen molar-refractivity contribution in [1.82, 2.24) is 4.98 Å². The first kappa shape index (κ1) is 13.2. The molecule has 1 atom stereocenters. The van der Waals surface area contributed by atoms with E-state index in [2.05, 4.69) is 41.8 Å². The van der Waals surface area contributed by atoms with Crippen LogP contribution in [0.2, 0.25) is 0 Å². The van der Waals surface area contributed by atoms with Crippen molar-refractivity contribution in [3.63, 3.8) is 0 Å². The summed E-state index contributed by atoms with van der Waals surface area (Å²) >= 11 is 1.87. The molecule has 1 aromatic heterocycles. The molecule has 0 aliphatic rings. The molecule has 0 radical (unpaired) electrons. The van der Waals surface area contributed by atoms with E-state index in [1.807, 2.05) is 24.2 Å². The molecule has 0 amide bonds. The van der Waals surface area contributed by atoms with Crippen LogP contribution in [-0.2, 0) is 0 Å². The second-order valence-corrected chi connectivity index (χ2v) is 4.61. The van der Waals surface area contributed by atoms with Crippen LogP contribution in [-0.4, -0.2) is 29.6 Å². The molecule has 1 rings (SSSR count). The van der Waals surface area contributed by atoms with Crippen LogP contribution in [0, 0.1) is 0 Å². The quantitative estimate of drug-likeness (QED) is 0.767. The predicted octanol–water partition coefficient (Wildman–Crippen LogP) is 3.07. The first-order valence-electron chi connectivity index (χ1n) is 5.74. The second-order valence-electron chi connectivity index (χ2n) is 3.70. The molecule has 0 aromatic carbocycles. The number of thioether (sulfide) groups is 1. The van der Waals surface area contributed by atoms with Gasteiger partial charge in [-0.25, -0.2) is 0 Å². The van der Waals surface area contributed by atoms with Gasteiger partial charge in [0.25, 0.3) is 0 Å². The van der Waals surface area contributed by atoms with E-state index in [0.29, 0.717) is 6.04 Å². The highest BCUT2D eigenvalue weighted by molar-refractivity contribution is 7.98. The number of rotatable bonds is 7. The van der Waals surface area contributed by atoms with Gasteiger partial charge in [-0.1, -0.05) is 6.92 Å². The topological polar surface area (TPSA) is 37.0 Å². The van der Waals surface area contributed by atoms with Gasteiger partial charge in [0, 0.05) is 18.3 Å². The van der Waals surface area contributed by atoms with Gasteiger partial charge in [0.1, 0.15) is 0 Å². The maximum Gasteiger partial charge on any atom is 0.0549 e. The van der Waals surface area contributed by atoms with Crippen molar-refractivity contribution in [1.29, 1.82) is 0 Å². The van der Waals surface area contributed by atoms with Crippen LogP contribution < -0.4 is 10.6 Å². The average Bonchev–Trinajstić information content (AvgIpc) is 2.29. The highest BCUT2D eigenvalue weighted by Crippen LogP contribution is 2.15. The Bertz CT molecular complexity index is 304. The van der Waals surface area contributed by atoms with Crippen LogP contribution in [0.5, 0.6) is 0 Å². The van der Waals surface area contributed by atoms with E-state index in [9.17, 15) is 0 Å². The molecule has 0 saturated carbocycles. The third kappa shape index (κ3) is 4.31. The van der Waals surface area contributed by atoms with E-state index in [0.717, 1.165) is 30.1 Å². The summed E-state index contributed by atoms with van der Waals surface area (Å²) in [5, 5.41) is 6.77. The van der Waals surface area contributed by atoms with Crippen molar-refractivity contribution in [2.75, 3.05) is 29.2 Å². The molecule has 0 spiro atoms. The van der Waals surface area contributed by atoms with Gasteiger partial charge in [0.2, 0.25) is 0 Å². The highest BCUT2D eigenvalue weighted by atomic mass is 32.2. The van der Waals surface area contributed by atoms with Gasteiger partial charge in [-0.2, -0.15) is 11.8 Å².